The van der Waals surface area contributed by atoms with Crippen LogP contribution < -0.4 is 5.32 Å². The Morgan fingerprint density at radius 2 is 1.87 bits per heavy atom. The number of hydrogen-bond acceptors (Lipinski definition) is 6. The summed E-state index contributed by atoms with van der Waals surface area (Å²) < 4.78 is 0. The number of nitrogens with zero attached hydrogens (tertiary/aromatic N) is 4. The lowest BCUT2D eigenvalue weighted by atomic mass is 9.81. The van der Waals surface area contributed by atoms with Gasteiger partial charge in [-0.15, -0.1) is 0 Å². The molecule has 0 saturated heterocycles. The first-order valence-corrected chi connectivity index (χ1v) is 13.4. The van der Waals surface area contributed by atoms with Gasteiger partial charge < -0.3 is 10.2 Å². The Balaban J connectivity index is 1.30. The second kappa shape index (κ2) is 11.4. The monoisotopic (exact) mass is 531 g/mol. The number of Topliss-reactive ketones (excluding diaryl/α,β-unsaturated/α-hetero) is 1. The third kappa shape index (κ3) is 5.91. The van der Waals surface area contributed by atoms with Gasteiger partial charge in [0.05, 0.1) is 24.1 Å². The van der Waals surface area contributed by atoms with Crippen LogP contribution in [0.25, 0.3) is 0 Å². The summed E-state index contributed by atoms with van der Waals surface area (Å²) in [4.78, 5) is 54.6. The lowest BCUT2D eigenvalue weighted by Gasteiger charge is -2.35. The number of carbonyl (C=O) groups is 3. The summed E-state index contributed by atoms with van der Waals surface area (Å²) in [5.74, 6) is 0.297. The first kappa shape index (κ1) is 26.0. The molecule has 5 rings (SSSR count). The smallest absolute Gasteiger partial charge is 0.254 e. The van der Waals surface area contributed by atoms with Gasteiger partial charge in [0.1, 0.15) is 0 Å². The van der Waals surface area contributed by atoms with E-state index < -0.39 is 6.04 Å². The molecule has 2 aliphatic rings. The van der Waals surface area contributed by atoms with E-state index in [9.17, 15) is 14.4 Å². The molecule has 1 saturated carbocycles. The van der Waals surface area contributed by atoms with Gasteiger partial charge in [0, 0.05) is 47.8 Å². The van der Waals surface area contributed by atoms with Gasteiger partial charge in [-0.25, -0.2) is 4.98 Å². The molecule has 0 radical (unpaired) electrons. The number of hydrogen-bond donors (Lipinski definition) is 1. The van der Waals surface area contributed by atoms with Gasteiger partial charge in [-0.2, -0.15) is 0 Å². The SMILES string of the molecule is Cc1cnc(NC(=O)C2CCC(CN3C(=O)c4ccc(Cl)cc4CC(=O)[C@H]3Cc3ccccn3)CC2)cn1. The third-order valence-corrected chi connectivity index (χ3v) is 7.74. The highest BCUT2D eigenvalue weighted by Crippen LogP contribution is 2.33. The second-order valence-electron chi connectivity index (χ2n) is 10.2. The van der Waals surface area contributed by atoms with E-state index in [-0.39, 0.29) is 35.9 Å². The number of fused-ring (bicyclic) bond motifs is 1. The summed E-state index contributed by atoms with van der Waals surface area (Å²) in [5.41, 5.74) is 2.75. The van der Waals surface area contributed by atoms with Crippen molar-refractivity contribution in [3.8, 4) is 0 Å². The molecule has 3 aromatic rings. The average molecular weight is 532 g/mol. The summed E-state index contributed by atoms with van der Waals surface area (Å²) in [6.07, 6.45) is 8.41. The largest absolute Gasteiger partial charge is 0.328 e. The first-order chi connectivity index (χ1) is 18.4. The van der Waals surface area contributed by atoms with Gasteiger partial charge in [0.25, 0.3) is 5.91 Å². The van der Waals surface area contributed by atoms with E-state index in [0.717, 1.165) is 24.2 Å². The predicted molar refractivity (Wildman–Crippen MR) is 144 cm³/mol. The molecular formula is C29H30ClN5O3. The van der Waals surface area contributed by atoms with Crippen LogP contribution in [0.4, 0.5) is 5.82 Å². The van der Waals surface area contributed by atoms with Crippen LogP contribution in [0.1, 0.15) is 53.0 Å². The maximum atomic E-state index is 13.8. The van der Waals surface area contributed by atoms with E-state index in [1.165, 1.54) is 0 Å². The van der Waals surface area contributed by atoms with Crippen molar-refractivity contribution in [3.05, 3.63) is 82.5 Å². The van der Waals surface area contributed by atoms with E-state index in [2.05, 4.69) is 20.3 Å². The number of aryl methyl sites for hydroxylation is 1. The van der Waals surface area contributed by atoms with Crippen LogP contribution >= 0.6 is 11.6 Å². The van der Waals surface area contributed by atoms with Crippen molar-refractivity contribution in [3.63, 3.8) is 0 Å². The number of carbonyl (C=O) groups excluding carboxylic acids is 3. The number of aromatic nitrogens is 3. The fourth-order valence-corrected chi connectivity index (χ4v) is 5.61. The van der Waals surface area contributed by atoms with Gasteiger partial charge in [-0.1, -0.05) is 17.7 Å². The highest BCUT2D eigenvalue weighted by molar-refractivity contribution is 6.30. The second-order valence-corrected chi connectivity index (χ2v) is 10.6. The summed E-state index contributed by atoms with van der Waals surface area (Å²) in [6, 6.07) is 10.1. The molecule has 1 N–H and O–H groups in total. The molecule has 3 heterocycles. The summed E-state index contributed by atoms with van der Waals surface area (Å²) >= 11 is 6.19. The molecule has 196 valence electrons. The van der Waals surface area contributed by atoms with Gasteiger partial charge in [-0.3, -0.25) is 24.4 Å². The highest BCUT2D eigenvalue weighted by atomic mass is 35.5. The normalized spacial score (nSPS) is 21.5. The van der Waals surface area contributed by atoms with E-state index >= 15 is 0 Å². The minimum Gasteiger partial charge on any atom is -0.328 e. The van der Waals surface area contributed by atoms with Crippen molar-refractivity contribution in [1.82, 2.24) is 19.9 Å². The molecule has 1 atom stereocenters. The fourth-order valence-electron chi connectivity index (χ4n) is 5.41. The third-order valence-electron chi connectivity index (χ3n) is 7.50. The molecule has 2 amide bonds. The summed E-state index contributed by atoms with van der Waals surface area (Å²) in [5, 5.41) is 3.37. The zero-order chi connectivity index (χ0) is 26.6. The molecule has 9 heteroatoms. The zero-order valence-corrected chi connectivity index (χ0v) is 22.0. The Labute approximate surface area is 226 Å². The van der Waals surface area contributed by atoms with Crippen LogP contribution in [0.2, 0.25) is 5.02 Å². The molecule has 0 spiro atoms. The minimum atomic E-state index is -0.607. The molecular weight excluding hydrogens is 502 g/mol. The number of pyridine rings is 1. The molecule has 1 aliphatic carbocycles. The topological polar surface area (TPSA) is 105 Å². The Hall–Kier alpha value is -3.65. The van der Waals surface area contributed by atoms with Gasteiger partial charge >= 0.3 is 0 Å². The molecule has 8 nitrogen and oxygen atoms in total. The van der Waals surface area contributed by atoms with Gasteiger partial charge in [0.2, 0.25) is 5.91 Å². The predicted octanol–water partition coefficient (Wildman–Crippen LogP) is 4.46. The van der Waals surface area contributed by atoms with Crippen molar-refractivity contribution in [1.29, 1.82) is 0 Å². The molecule has 0 unspecified atom stereocenters. The number of halogens is 1. The van der Waals surface area contributed by atoms with Crippen molar-refractivity contribution in [2.24, 2.45) is 11.8 Å². The Bertz CT molecular complexity index is 1320. The van der Waals surface area contributed by atoms with Crippen LogP contribution in [0.3, 0.4) is 0 Å². The Morgan fingerprint density at radius 1 is 1.05 bits per heavy atom. The zero-order valence-electron chi connectivity index (χ0n) is 21.3. The summed E-state index contributed by atoms with van der Waals surface area (Å²) in [6.45, 7) is 2.30. The highest BCUT2D eigenvalue weighted by Gasteiger charge is 2.38. The van der Waals surface area contributed by atoms with E-state index in [1.807, 2.05) is 25.1 Å². The van der Waals surface area contributed by atoms with Crippen LogP contribution in [-0.2, 0) is 22.4 Å². The molecule has 0 bridgehead atoms. The van der Waals surface area contributed by atoms with Gasteiger partial charge in [0.15, 0.2) is 11.6 Å². The average Bonchev–Trinajstić information content (AvgIpc) is 3.00. The molecule has 1 aliphatic heterocycles. The van der Waals surface area contributed by atoms with Crippen molar-refractivity contribution in [2.75, 3.05) is 11.9 Å². The Morgan fingerprint density at radius 3 is 2.58 bits per heavy atom. The lowest BCUT2D eigenvalue weighted by Crippen LogP contribution is -2.48. The quantitative estimate of drug-likeness (QED) is 0.503. The van der Waals surface area contributed by atoms with Crippen molar-refractivity contribution in [2.45, 2.75) is 51.5 Å². The first-order valence-electron chi connectivity index (χ1n) is 13.0. The van der Waals surface area contributed by atoms with Crippen LogP contribution in [0.15, 0.2) is 55.0 Å². The minimum absolute atomic E-state index is 0.0164. The maximum Gasteiger partial charge on any atom is 0.254 e. The number of anilines is 1. The van der Waals surface area contributed by atoms with Crippen molar-refractivity contribution >= 4 is 35.0 Å². The van der Waals surface area contributed by atoms with Crippen LogP contribution in [-0.4, -0.2) is 50.0 Å². The number of nitrogens with one attached hydrogen (secondary N) is 1. The number of rotatable bonds is 6. The van der Waals surface area contributed by atoms with Crippen LogP contribution in [0.5, 0.6) is 0 Å². The van der Waals surface area contributed by atoms with Crippen molar-refractivity contribution < 1.29 is 14.4 Å². The number of benzene rings is 1. The number of amides is 2. The van der Waals surface area contributed by atoms with Crippen LogP contribution in [0, 0.1) is 18.8 Å². The fraction of sp³-hybridized carbons (Fsp3) is 0.379. The van der Waals surface area contributed by atoms with Gasteiger partial charge in [-0.05, 0) is 74.4 Å². The number of ketones is 1. The Kier molecular flexibility index (Phi) is 7.79. The standard InChI is InChI=1S/C29H30ClN5O3/c1-18-15-33-27(16-32-18)34-28(37)20-7-5-19(6-8-20)17-35-25(14-23-4-2-3-11-31-23)26(36)13-21-12-22(30)9-10-24(21)29(35)38/h2-4,9-12,15-16,19-20,25H,5-8,13-14,17H2,1H3,(H,33,34,37)/t19?,20?,25-/m1/s1. The van der Waals surface area contributed by atoms with E-state index in [1.54, 1.807) is 41.7 Å². The molecule has 1 fully saturated rings. The maximum absolute atomic E-state index is 13.8. The van der Waals surface area contributed by atoms with E-state index in [0.29, 0.717) is 47.8 Å². The van der Waals surface area contributed by atoms with E-state index in [4.69, 9.17) is 11.6 Å². The molecule has 1 aromatic carbocycles. The molecule has 2 aromatic heterocycles. The summed E-state index contributed by atoms with van der Waals surface area (Å²) in [7, 11) is 0. The lowest BCUT2D eigenvalue weighted by molar-refractivity contribution is -0.122. The molecule has 38 heavy (non-hydrogen) atoms.